The summed E-state index contributed by atoms with van der Waals surface area (Å²) in [5.74, 6) is 0.679. The Hall–Kier alpha value is -1.93. The van der Waals surface area contributed by atoms with Crippen LogP contribution in [0.5, 0.6) is 0 Å². The summed E-state index contributed by atoms with van der Waals surface area (Å²) in [4.78, 5) is 4.09. The van der Waals surface area contributed by atoms with Gasteiger partial charge in [0.15, 0.2) is 0 Å². The van der Waals surface area contributed by atoms with Gasteiger partial charge in [-0.15, -0.1) is 0 Å². The van der Waals surface area contributed by atoms with Crippen molar-refractivity contribution in [2.24, 2.45) is 10.9 Å². The molecule has 0 aromatic rings. The molecule has 0 aromatic heterocycles. The molecule has 0 amide bonds. The van der Waals surface area contributed by atoms with Crippen molar-refractivity contribution in [1.29, 1.82) is 0 Å². The van der Waals surface area contributed by atoms with Gasteiger partial charge in [-0.3, -0.25) is 4.99 Å². The molecular formula is C27H43NO. The lowest BCUT2D eigenvalue weighted by Gasteiger charge is -2.23. The number of nitrogens with zero attached hydrogens (tertiary/aromatic N) is 1. The van der Waals surface area contributed by atoms with Crippen molar-refractivity contribution in [1.82, 2.24) is 0 Å². The highest BCUT2D eigenvalue weighted by Gasteiger charge is 2.15. The predicted octanol–water partition coefficient (Wildman–Crippen LogP) is 7.55. The van der Waals surface area contributed by atoms with E-state index in [1.54, 1.807) is 11.8 Å². The number of aliphatic hydroxyl groups is 1. The zero-order valence-corrected chi connectivity index (χ0v) is 20.0. The van der Waals surface area contributed by atoms with Crippen molar-refractivity contribution in [3.63, 3.8) is 0 Å². The van der Waals surface area contributed by atoms with Crippen LogP contribution < -0.4 is 0 Å². The molecule has 0 spiro atoms. The maximum atomic E-state index is 8.72. The normalized spacial score (nSPS) is 19.8. The average Bonchev–Trinajstić information content (AvgIpc) is 2.72. The van der Waals surface area contributed by atoms with Crippen LogP contribution in [0.15, 0.2) is 74.9 Å². The molecule has 0 aromatic carbocycles. The van der Waals surface area contributed by atoms with E-state index in [-0.39, 0.29) is 6.61 Å². The Balaban J connectivity index is 0.00000379. The number of aliphatic imine (C=N–C) groups is 1. The fraction of sp³-hybridized carbons (Fsp3) is 0.519. The van der Waals surface area contributed by atoms with Crippen molar-refractivity contribution >= 4 is 6.21 Å². The second-order valence-corrected chi connectivity index (χ2v) is 7.57. The first-order chi connectivity index (χ1) is 13.9. The van der Waals surface area contributed by atoms with E-state index in [2.05, 4.69) is 76.9 Å². The van der Waals surface area contributed by atoms with Crippen LogP contribution in [0.3, 0.4) is 0 Å². The Morgan fingerprint density at radius 3 is 2.07 bits per heavy atom. The van der Waals surface area contributed by atoms with Gasteiger partial charge in [0, 0.05) is 6.21 Å². The van der Waals surface area contributed by atoms with Gasteiger partial charge in [0.05, 0.1) is 13.2 Å². The van der Waals surface area contributed by atoms with E-state index in [9.17, 15) is 0 Å². The number of rotatable bonds is 8. The smallest absolute Gasteiger partial charge is 0.0626 e. The first kappa shape index (κ1) is 27.1. The highest BCUT2D eigenvalue weighted by molar-refractivity contribution is 5.73. The molecule has 0 bridgehead atoms. The lowest BCUT2D eigenvalue weighted by molar-refractivity contribution is 0.307. The first-order valence-corrected chi connectivity index (χ1v) is 11.0. The van der Waals surface area contributed by atoms with Gasteiger partial charge in [0.2, 0.25) is 0 Å². The van der Waals surface area contributed by atoms with Gasteiger partial charge in [-0.05, 0) is 93.7 Å². The van der Waals surface area contributed by atoms with Gasteiger partial charge >= 0.3 is 0 Å². The van der Waals surface area contributed by atoms with Gasteiger partial charge in [-0.1, -0.05) is 56.7 Å². The van der Waals surface area contributed by atoms with E-state index in [4.69, 9.17) is 5.11 Å². The van der Waals surface area contributed by atoms with E-state index in [1.807, 2.05) is 19.9 Å². The standard InChI is InChI=1S/C25H37NO.C2H6/c1-19(21(3)14-15-26-16-17-27)10-7-8-11-20(2)24(6)18-25-22(4)12-9-13-23(25)5;1-2/h7-8,10-11,14-15,18,22,27H,9,12-13,16-17H2,1-6H3;1-2H3/b8-7+,19-10+,20-11+,21-14+,24-18+,26-15?;. The van der Waals surface area contributed by atoms with E-state index >= 15 is 0 Å². The molecule has 1 atom stereocenters. The van der Waals surface area contributed by atoms with Crippen LogP contribution >= 0.6 is 0 Å². The van der Waals surface area contributed by atoms with Gasteiger partial charge < -0.3 is 5.11 Å². The molecule has 0 radical (unpaired) electrons. The molecule has 162 valence electrons. The SMILES string of the molecule is CC.CC1=C(/C=C(C)/C(C)=C/C=C/C=C(C)/C(C)=C/C=NCCO)C(C)CCC1. The molecule has 0 heterocycles. The number of hydrogen-bond acceptors (Lipinski definition) is 2. The zero-order chi connectivity index (χ0) is 22.2. The van der Waals surface area contributed by atoms with E-state index < -0.39 is 0 Å². The second kappa shape index (κ2) is 15.9. The summed E-state index contributed by atoms with van der Waals surface area (Å²) >= 11 is 0. The first-order valence-electron chi connectivity index (χ1n) is 11.0. The highest BCUT2D eigenvalue weighted by Crippen LogP contribution is 2.31. The summed E-state index contributed by atoms with van der Waals surface area (Å²) < 4.78 is 0. The van der Waals surface area contributed by atoms with Crippen LogP contribution in [-0.2, 0) is 0 Å². The summed E-state index contributed by atoms with van der Waals surface area (Å²) in [7, 11) is 0. The Labute approximate surface area is 180 Å². The van der Waals surface area contributed by atoms with E-state index in [0.29, 0.717) is 12.5 Å². The van der Waals surface area contributed by atoms with Crippen LogP contribution in [0.2, 0.25) is 0 Å². The predicted molar refractivity (Wildman–Crippen MR) is 132 cm³/mol. The quantitative estimate of drug-likeness (QED) is 0.333. The molecule has 0 saturated carbocycles. The summed E-state index contributed by atoms with van der Waals surface area (Å²) in [5.41, 5.74) is 8.12. The summed E-state index contributed by atoms with van der Waals surface area (Å²) in [5, 5.41) is 8.72. The molecule has 1 unspecified atom stereocenters. The third-order valence-corrected chi connectivity index (χ3v) is 5.29. The lowest BCUT2D eigenvalue weighted by Crippen LogP contribution is -2.06. The van der Waals surface area contributed by atoms with Gasteiger partial charge in [0.1, 0.15) is 0 Å². The molecule has 0 fully saturated rings. The fourth-order valence-electron chi connectivity index (χ4n) is 3.10. The summed E-state index contributed by atoms with van der Waals surface area (Å²) in [6, 6.07) is 0. The Morgan fingerprint density at radius 2 is 1.52 bits per heavy atom. The van der Waals surface area contributed by atoms with Gasteiger partial charge in [-0.2, -0.15) is 0 Å². The topological polar surface area (TPSA) is 32.6 Å². The fourth-order valence-corrected chi connectivity index (χ4v) is 3.10. The van der Waals surface area contributed by atoms with Gasteiger partial charge in [0.25, 0.3) is 0 Å². The minimum atomic E-state index is 0.0935. The highest BCUT2D eigenvalue weighted by atomic mass is 16.3. The maximum absolute atomic E-state index is 8.72. The largest absolute Gasteiger partial charge is 0.394 e. The third kappa shape index (κ3) is 11.0. The average molecular weight is 398 g/mol. The van der Waals surface area contributed by atoms with Crippen LogP contribution in [0, 0.1) is 5.92 Å². The lowest BCUT2D eigenvalue weighted by atomic mass is 9.83. The van der Waals surface area contributed by atoms with Crippen molar-refractivity contribution in [2.75, 3.05) is 13.2 Å². The molecule has 0 saturated heterocycles. The summed E-state index contributed by atoms with van der Waals surface area (Å²) in [6.45, 7) is 17.7. The monoisotopic (exact) mass is 397 g/mol. The van der Waals surface area contributed by atoms with Crippen molar-refractivity contribution in [3.8, 4) is 0 Å². The minimum Gasteiger partial charge on any atom is -0.394 e. The van der Waals surface area contributed by atoms with E-state index in [1.165, 1.54) is 47.1 Å². The molecule has 1 aliphatic carbocycles. The zero-order valence-electron chi connectivity index (χ0n) is 20.0. The van der Waals surface area contributed by atoms with Crippen LogP contribution in [-0.4, -0.2) is 24.5 Å². The molecule has 29 heavy (non-hydrogen) atoms. The second-order valence-electron chi connectivity index (χ2n) is 7.57. The molecular weight excluding hydrogens is 354 g/mol. The van der Waals surface area contributed by atoms with Crippen molar-refractivity contribution < 1.29 is 5.11 Å². The minimum absolute atomic E-state index is 0.0935. The molecule has 0 aliphatic heterocycles. The Kier molecular flexibility index (Phi) is 14.9. The summed E-state index contributed by atoms with van der Waals surface area (Å²) in [6.07, 6.45) is 18.5. The third-order valence-electron chi connectivity index (χ3n) is 5.29. The number of hydrogen-bond donors (Lipinski definition) is 1. The number of allylic oxidation sites excluding steroid dienone is 12. The van der Waals surface area contributed by atoms with Crippen LogP contribution in [0.25, 0.3) is 0 Å². The van der Waals surface area contributed by atoms with Crippen molar-refractivity contribution in [3.05, 3.63) is 69.9 Å². The Bertz CT molecular complexity index is 696. The maximum Gasteiger partial charge on any atom is 0.0626 e. The number of aliphatic hydroxyl groups excluding tert-OH is 1. The van der Waals surface area contributed by atoms with Crippen LogP contribution in [0.1, 0.15) is 74.7 Å². The molecule has 1 aliphatic rings. The molecule has 2 nitrogen and oxygen atoms in total. The van der Waals surface area contributed by atoms with Crippen LogP contribution in [0.4, 0.5) is 0 Å². The molecule has 1 N–H and O–H groups in total. The molecule has 1 rings (SSSR count). The van der Waals surface area contributed by atoms with E-state index in [0.717, 1.165) is 0 Å². The Morgan fingerprint density at radius 1 is 0.966 bits per heavy atom. The molecule has 2 heteroatoms. The van der Waals surface area contributed by atoms with Crippen molar-refractivity contribution in [2.45, 2.75) is 74.7 Å². The van der Waals surface area contributed by atoms with Gasteiger partial charge in [-0.25, -0.2) is 0 Å².